The van der Waals surface area contributed by atoms with Gasteiger partial charge in [0, 0.05) is 18.9 Å². The van der Waals surface area contributed by atoms with E-state index in [1.165, 1.54) is 32.4 Å². The van der Waals surface area contributed by atoms with Crippen LogP contribution in [0.25, 0.3) is 5.65 Å². The molecular weight excluding hydrogens is 252 g/mol. The average molecular weight is 274 g/mol. The van der Waals surface area contributed by atoms with Crippen molar-refractivity contribution in [1.29, 1.82) is 0 Å². The van der Waals surface area contributed by atoms with Gasteiger partial charge in [-0.2, -0.15) is 0 Å². The third kappa shape index (κ3) is 2.75. The maximum atomic E-state index is 4.37. The normalized spacial score (nSPS) is 17.7. The quantitative estimate of drug-likeness (QED) is 0.917. The molecule has 1 aliphatic rings. The molecule has 1 fully saturated rings. The van der Waals surface area contributed by atoms with E-state index in [1.54, 1.807) is 6.20 Å². The molecule has 0 radical (unpaired) electrons. The number of likely N-dealkylation sites (tertiary alicyclic amines) is 1. The van der Waals surface area contributed by atoms with Crippen molar-refractivity contribution in [3.8, 4) is 0 Å². The predicted molar refractivity (Wildman–Crippen MR) is 78.8 cm³/mol. The molecule has 0 unspecified atom stereocenters. The van der Waals surface area contributed by atoms with Crippen molar-refractivity contribution >= 4 is 11.5 Å². The van der Waals surface area contributed by atoms with E-state index >= 15 is 0 Å². The van der Waals surface area contributed by atoms with Crippen LogP contribution in [0.5, 0.6) is 0 Å². The van der Waals surface area contributed by atoms with Crippen LogP contribution in [0.3, 0.4) is 0 Å². The van der Waals surface area contributed by atoms with Gasteiger partial charge in [0.1, 0.15) is 5.82 Å². The Hall–Kier alpha value is -1.69. The zero-order chi connectivity index (χ0) is 13.9. The molecule has 0 saturated carbocycles. The number of nitrogens with zero attached hydrogens (tertiary/aromatic N) is 5. The lowest BCUT2D eigenvalue weighted by atomic mass is 9.94. The Morgan fingerprint density at radius 3 is 2.90 bits per heavy atom. The van der Waals surface area contributed by atoms with Gasteiger partial charge in [0.2, 0.25) is 5.65 Å². The second-order valence-electron chi connectivity index (χ2n) is 5.68. The van der Waals surface area contributed by atoms with E-state index in [1.807, 2.05) is 17.5 Å². The van der Waals surface area contributed by atoms with Crippen LogP contribution in [0.2, 0.25) is 0 Å². The van der Waals surface area contributed by atoms with Crippen LogP contribution in [-0.2, 0) is 0 Å². The monoisotopic (exact) mass is 274 g/mol. The molecule has 2 aromatic heterocycles. The fraction of sp³-hybridized carbons (Fsp3) is 0.643. The highest BCUT2D eigenvalue weighted by Gasteiger charge is 2.16. The van der Waals surface area contributed by atoms with Crippen LogP contribution in [0.4, 0.5) is 5.82 Å². The largest absolute Gasteiger partial charge is 0.367 e. The Bertz CT molecular complexity index is 570. The van der Waals surface area contributed by atoms with Crippen LogP contribution in [0, 0.1) is 12.8 Å². The Balaban J connectivity index is 1.57. The van der Waals surface area contributed by atoms with E-state index in [9.17, 15) is 0 Å². The van der Waals surface area contributed by atoms with Crippen molar-refractivity contribution in [3.63, 3.8) is 0 Å². The number of piperidine rings is 1. The number of nitrogens with one attached hydrogen (secondary N) is 1. The first-order valence-corrected chi connectivity index (χ1v) is 7.33. The van der Waals surface area contributed by atoms with Crippen molar-refractivity contribution in [1.82, 2.24) is 24.5 Å². The molecule has 6 heteroatoms. The number of rotatable bonds is 4. The summed E-state index contributed by atoms with van der Waals surface area (Å²) in [5.41, 5.74) is 0.813. The lowest BCUT2D eigenvalue weighted by Gasteiger charge is -2.28. The Kier molecular flexibility index (Phi) is 3.82. The highest BCUT2D eigenvalue weighted by Crippen LogP contribution is 2.20. The summed E-state index contributed by atoms with van der Waals surface area (Å²) in [5.74, 6) is 2.56. The summed E-state index contributed by atoms with van der Waals surface area (Å²) in [5, 5.41) is 11.7. The van der Waals surface area contributed by atoms with E-state index in [2.05, 4.69) is 32.4 Å². The maximum Gasteiger partial charge on any atom is 0.203 e. The standard InChI is InChI=1S/C14H22N6/c1-11-17-18-14-13(16-7-10-20(11)14)15-6-3-12-4-8-19(2)9-5-12/h7,10,12H,3-6,8-9H2,1-2H3,(H,15,16). The van der Waals surface area contributed by atoms with Gasteiger partial charge in [-0.25, -0.2) is 4.98 Å². The second-order valence-corrected chi connectivity index (χ2v) is 5.68. The molecule has 0 aromatic carbocycles. The van der Waals surface area contributed by atoms with Crippen molar-refractivity contribution in [3.05, 3.63) is 18.2 Å². The van der Waals surface area contributed by atoms with E-state index in [0.717, 1.165) is 29.8 Å². The van der Waals surface area contributed by atoms with Gasteiger partial charge in [-0.15, -0.1) is 10.2 Å². The van der Waals surface area contributed by atoms with Gasteiger partial charge >= 0.3 is 0 Å². The molecule has 3 rings (SSSR count). The summed E-state index contributed by atoms with van der Waals surface area (Å²) in [6, 6.07) is 0. The smallest absolute Gasteiger partial charge is 0.203 e. The third-order valence-electron chi connectivity index (χ3n) is 4.18. The molecule has 0 amide bonds. The lowest BCUT2D eigenvalue weighted by Crippen LogP contribution is -2.30. The summed E-state index contributed by atoms with van der Waals surface area (Å²) in [7, 11) is 2.20. The average Bonchev–Trinajstić information content (AvgIpc) is 2.84. The van der Waals surface area contributed by atoms with Crippen LogP contribution >= 0.6 is 0 Å². The lowest BCUT2D eigenvalue weighted by molar-refractivity contribution is 0.215. The summed E-state index contributed by atoms with van der Waals surface area (Å²) >= 11 is 0. The first-order valence-electron chi connectivity index (χ1n) is 7.33. The second kappa shape index (κ2) is 5.75. The number of aryl methyl sites for hydroxylation is 1. The van der Waals surface area contributed by atoms with Gasteiger partial charge in [0.25, 0.3) is 0 Å². The van der Waals surface area contributed by atoms with Crippen molar-refractivity contribution < 1.29 is 0 Å². The van der Waals surface area contributed by atoms with E-state index < -0.39 is 0 Å². The number of anilines is 1. The number of fused-ring (bicyclic) bond motifs is 1. The first kappa shape index (κ1) is 13.3. The van der Waals surface area contributed by atoms with Gasteiger partial charge in [-0.3, -0.25) is 4.40 Å². The molecule has 6 nitrogen and oxygen atoms in total. The SMILES string of the molecule is Cc1nnc2c(NCCC3CCN(C)CC3)nccn12. The minimum absolute atomic E-state index is 0.813. The van der Waals surface area contributed by atoms with Crippen LogP contribution < -0.4 is 5.32 Å². The zero-order valence-corrected chi connectivity index (χ0v) is 12.2. The van der Waals surface area contributed by atoms with Crippen LogP contribution in [0.1, 0.15) is 25.1 Å². The highest BCUT2D eigenvalue weighted by atomic mass is 15.3. The third-order valence-corrected chi connectivity index (χ3v) is 4.18. The minimum Gasteiger partial charge on any atom is -0.367 e. The molecule has 0 spiro atoms. The fourth-order valence-corrected chi connectivity index (χ4v) is 2.81. The Morgan fingerprint density at radius 2 is 2.10 bits per heavy atom. The molecule has 0 atom stereocenters. The summed E-state index contributed by atoms with van der Waals surface area (Å²) in [4.78, 5) is 6.78. The number of hydrogen-bond acceptors (Lipinski definition) is 5. The van der Waals surface area contributed by atoms with Crippen molar-refractivity contribution in [2.75, 3.05) is 32.0 Å². The molecule has 1 saturated heterocycles. The number of hydrogen-bond donors (Lipinski definition) is 1. The molecule has 1 N–H and O–H groups in total. The molecule has 0 aliphatic carbocycles. The molecule has 2 aromatic rings. The van der Waals surface area contributed by atoms with Gasteiger partial charge in [-0.1, -0.05) is 0 Å². The molecule has 0 bridgehead atoms. The summed E-state index contributed by atoms with van der Waals surface area (Å²) < 4.78 is 1.96. The fourth-order valence-electron chi connectivity index (χ4n) is 2.81. The topological polar surface area (TPSA) is 58.4 Å². The first-order chi connectivity index (χ1) is 9.74. The van der Waals surface area contributed by atoms with Gasteiger partial charge in [0.05, 0.1) is 0 Å². The van der Waals surface area contributed by atoms with Crippen molar-refractivity contribution in [2.24, 2.45) is 5.92 Å². The van der Waals surface area contributed by atoms with Gasteiger partial charge in [0.15, 0.2) is 5.82 Å². The van der Waals surface area contributed by atoms with Gasteiger partial charge in [-0.05, 0) is 52.2 Å². The predicted octanol–water partition coefficient (Wildman–Crippen LogP) is 1.58. The molecule has 20 heavy (non-hydrogen) atoms. The Morgan fingerprint density at radius 1 is 1.30 bits per heavy atom. The van der Waals surface area contributed by atoms with Gasteiger partial charge < -0.3 is 10.2 Å². The summed E-state index contributed by atoms with van der Waals surface area (Å²) in [6.45, 7) is 5.35. The Labute approximate surface area is 119 Å². The van der Waals surface area contributed by atoms with Crippen molar-refractivity contribution in [2.45, 2.75) is 26.2 Å². The minimum atomic E-state index is 0.813. The zero-order valence-electron chi connectivity index (χ0n) is 12.2. The number of aromatic nitrogens is 4. The van der Waals surface area contributed by atoms with E-state index in [-0.39, 0.29) is 0 Å². The maximum absolute atomic E-state index is 4.37. The molecular formula is C14H22N6. The molecule has 3 heterocycles. The van der Waals surface area contributed by atoms with E-state index in [0.29, 0.717) is 0 Å². The van der Waals surface area contributed by atoms with E-state index in [4.69, 9.17) is 0 Å². The summed E-state index contributed by atoms with van der Waals surface area (Å²) in [6.07, 6.45) is 7.50. The highest BCUT2D eigenvalue weighted by molar-refractivity contribution is 5.61. The van der Waals surface area contributed by atoms with Crippen LogP contribution in [-0.4, -0.2) is 51.2 Å². The van der Waals surface area contributed by atoms with Crippen LogP contribution in [0.15, 0.2) is 12.4 Å². The molecule has 1 aliphatic heterocycles. The molecule has 108 valence electrons.